The van der Waals surface area contributed by atoms with E-state index in [9.17, 15) is 4.79 Å². The number of anilines is 1. The van der Waals surface area contributed by atoms with Crippen molar-refractivity contribution < 1.29 is 9.53 Å². The maximum Gasteiger partial charge on any atom is 0.257 e. The first-order chi connectivity index (χ1) is 10.6. The van der Waals surface area contributed by atoms with Crippen LogP contribution in [0, 0.1) is 0 Å². The number of ether oxygens (including phenoxy) is 1. The molecule has 1 saturated carbocycles. The zero-order chi connectivity index (χ0) is 15.8. The number of hydrogen-bond donors (Lipinski definition) is 2. The molecule has 1 amide bonds. The van der Waals surface area contributed by atoms with Gasteiger partial charge >= 0.3 is 0 Å². The molecule has 122 valence electrons. The second-order valence-electron chi connectivity index (χ2n) is 5.96. The largest absolute Gasteiger partial charge is 0.472 e. The molecule has 1 aromatic rings. The molecular weight excluding hydrogens is 280 g/mol. The van der Waals surface area contributed by atoms with Gasteiger partial charge in [-0.3, -0.25) is 4.79 Å². The highest BCUT2D eigenvalue weighted by atomic mass is 16.5. The number of carbonyl (C=O) groups excluding carboxylic acids is 1. The molecule has 6 heteroatoms. The summed E-state index contributed by atoms with van der Waals surface area (Å²) >= 11 is 0. The zero-order valence-corrected chi connectivity index (χ0v) is 13.5. The highest BCUT2D eigenvalue weighted by Crippen LogP contribution is 2.19. The summed E-state index contributed by atoms with van der Waals surface area (Å²) in [4.78, 5) is 20.3. The third kappa shape index (κ3) is 5.50. The number of nitrogens with zero attached hydrogens (tertiary/aromatic N) is 2. The van der Waals surface area contributed by atoms with Gasteiger partial charge in [0, 0.05) is 31.4 Å². The minimum absolute atomic E-state index is 0.0341. The first kappa shape index (κ1) is 16.5. The molecule has 1 aromatic heterocycles. The fourth-order valence-corrected chi connectivity index (χ4v) is 2.60. The molecule has 2 rings (SSSR count). The summed E-state index contributed by atoms with van der Waals surface area (Å²) in [5.41, 5.74) is 0. The summed E-state index contributed by atoms with van der Waals surface area (Å²) in [5, 5.41) is 6.23. The van der Waals surface area contributed by atoms with Crippen LogP contribution in [0.2, 0.25) is 0 Å². The van der Waals surface area contributed by atoms with Gasteiger partial charge in [0.2, 0.25) is 5.91 Å². The molecule has 1 fully saturated rings. The van der Waals surface area contributed by atoms with Crippen molar-refractivity contribution in [2.75, 3.05) is 11.9 Å². The molecule has 0 aliphatic heterocycles. The minimum Gasteiger partial charge on any atom is -0.472 e. The third-order valence-electron chi connectivity index (χ3n) is 3.63. The van der Waals surface area contributed by atoms with Gasteiger partial charge in [0.05, 0.1) is 6.10 Å². The van der Waals surface area contributed by atoms with E-state index < -0.39 is 0 Å². The van der Waals surface area contributed by atoms with E-state index in [0.29, 0.717) is 30.7 Å². The first-order valence-corrected chi connectivity index (χ1v) is 8.16. The lowest BCUT2D eigenvalue weighted by atomic mass is 9.95. The van der Waals surface area contributed by atoms with E-state index in [-0.39, 0.29) is 12.0 Å². The molecule has 0 spiro atoms. The van der Waals surface area contributed by atoms with Gasteiger partial charge < -0.3 is 15.4 Å². The highest BCUT2D eigenvalue weighted by molar-refractivity contribution is 5.76. The smallest absolute Gasteiger partial charge is 0.257 e. The maximum atomic E-state index is 11.9. The fourth-order valence-electron chi connectivity index (χ4n) is 2.60. The van der Waals surface area contributed by atoms with Crippen molar-refractivity contribution in [3.8, 4) is 5.88 Å². The summed E-state index contributed by atoms with van der Waals surface area (Å²) in [6.45, 7) is 4.40. The maximum absolute atomic E-state index is 11.9. The average Bonchev–Trinajstić information content (AvgIpc) is 2.49. The van der Waals surface area contributed by atoms with Crippen LogP contribution in [-0.4, -0.2) is 34.6 Å². The number of aromatic nitrogens is 2. The molecule has 0 saturated heterocycles. The van der Waals surface area contributed by atoms with Gasteiger partial charge in [-0.2, -0.15) is 0 Å². The predicted molar refractivity (Wildman–Crippen MR) is 85.9 cm³/mol. The summed E-state index contributed by atoms with van der Waals surface area (Å²) in [5.74, 6) is 1.15. The predicted octanol–water partition coefficient (Wildman–Crippen LogP) is 2.51. The van der Waals surface area contributed by atoms with Crippen LogP contribution in [0.5, 0.6) is 5.88 Å². The second kappa shape index (κ2) is 8.56. The van der Waals surface area contributed by atoms with Crippen molar-refractivity contribution >= 4 is 11.7 Å². The van der Waals surface area contributed by atoms with Gasteiger partial charge in [-0.05, 0) is 26.7 Å². The van der Waals surface area contributed by atoms with E-state index in [1.165, 1.54) is 19.3 Å². The molecule has 1 aliphatic carbocycles. The monoisotopic (exact) mass is 306 g/mol. The van der Waals surface area contributed by atoms with E-state index in [0.717, 1.165) is 12.8 Å². The van der Waals surface area contributed by atoms with Gasteiger partial charge in [-0.25, -0.2) is 9.97 Å². The Morgan fingerprint density at radius 3 is 2.73 bits per heavy atom. The topological polar surface area (TPSA) is 76.1 Å². The summed E-state index contributed by atoms with van der Waals surface area (Å²) < 4.78 is 5.59. The van der Waals surface area contributed by atoms with Crippen LogP contribution >= 0.6 is 0 Å². The molecule has 2 N–H and O–H groups in total. The number of nitrogens with one attached hydrogen (secondary N) is 2. The number of hydrogen-bond acceptors (Lipinski definition) is 5. The number of carbonyl (C=O) groups is 1. The van der Waals surface area contributed by atoms with Crippen LogP contribution in [0.25, 0.3) is 0 Å². The Morgan fingerprint density at radius 2 is 2.00 bits per heavy atom. The normalized spacial score (nSPS) is 15.6. The molecule has 0 aromatic carbocycles. The van der Waals surface area contributed by atoms with E-state index in [4.69, 9.17) is 4.74 Å². The molecule has 22 heavy (non-hydrogen) atoms. The molecule has 0 radical (unpaired) electrons. The lowest BCUT2D eigenvalue weighted by Gasteiger charge is -2.22. The molecule has 1 aliphatic rings. The van der Waals surface area contributed by atoms with Crippen LogP contribution in [-0.2, 0) is 4.79 Å². The van der Waals surface area contributed by atoms with Crippen LogP contribution in [0.1, 0.15) is 52.4 Å². The molecule has 0 bridgehead atoms. The Balaban J connectivity index is 1.74. The lowest BCUT2D eigenvalue weighted by Crippen LogP contribution is -2.36. The van der Waals surface area contributed by atoms with Crippen molar-refractivity contribution in [3.05, 3.63) is 12.4 Å². The van der Waals surface area contributed by atoms with Crippen LogP contribution in [0.3, 0.4) is 0 Å². The molecule has 6 nitrogen and oxygen atoms in total. The summed E-state index contributed by atoms with van der Waals surface area (Å²) in [7, 11) is 0. The van der Waals surface area contributed by atoms with Gasteiger partial charge in [-0.15, -0.1) is 0 Å². The molecule has 0 atom stereocenters. The van der Waals surface area contributed by atoms with Crippen molar-refractivity contribution in [3.63, 3.8) is 0 Å². The first-order valence-electron chi connectivity index (χ1n) is 8.16. The number of amides is 1. The fraction of sp³-hybridized carbons (Fsp3) is 0.688. The van der Waals surface area contributed by atoms with Gasteiger partial charge in [0.1, 0.15) is 0 Å². The van der Waals surface area contributed by atoms with Crippen molar-refractivity contribution in [1.82, 2.24) is 15.3 Å². The van der Waals surface area contributed by atoms with E-state index in [1.807, 2.05) is 13.8 Å². The Kier molecular flexibility index (Phi) is 6.43. The Labute approximate surface area is 132 Å². The van der Waals surface area contributed by atoms with Crippen LogP contribution < -0.4 is 15.4 Å². The Bertz CT molecular complexity index is 473. The van der Waals surface area contributed by atoms with Crippen LogP contribution in [0.4, 0.5) is 5.82 Å². The van der Waals surface area contributed by atoms with Crippen molar-refractivity contribution in [2.24, 2.45) is 0 Å². The highest BCUT2D eigenvalue weighted by Gasteiger charge is 2.15. The average molecular weight is 306 g/mol. The lowest BCUT2D eigenvalue weighted by molar-refractivity contribution is -0.121. The molecule has 0 unspecified atom stereocenters. The zero-order valence-electron chi connectivity index (χ0n) is 13.5. The standard InChI is InChI=1S/C16H26N4O2/c1-12(2)22-16-15(18-10-11-19-16)17-9-8-14(21)20-13-6-4-3-5-7-13/h10-13H,3-9H2,1-2H3,(H,17,18)(H,20,21). The summed E-state index contributed by atoms with van der Waals surface area (Å²) in [6, 6.07) is 0.359. The Morgan fingerprint density at radius 1 is 1.27 bits per heavy atom. The van der Waals surface area contributed by atoms with Gasteiger partial charge in [0.25, 0.3) is 5.88 Å². The van der Waals surface area contributed by atoms with Crippen molar-refractivity contribution in [2.45, 2.75) is 64.5 Å². The third-order valence-corrected chi connectivity index (χ3v) is 3.63. The Hall–Kier alpha value is -1.85. The van der Waals surface area contributed by atoms with Gasteiger partial charge in [0.15, 0.2) is 5.82 Å². The summed E-state index contributed by atoms with van der Waals surface area (Å²) in [6.07, 6.45) is 9.61. The second-order valence-corrected chi connectivity index (χ2v) is 5.96. The van der Waals surface area contributed by atoms with E-state index >= 15 is 0 Å². The quantitative estimate of drug-likeness (QED) is 0.809. The minimum atomic E-state index is 0.0341. The van der Waals surface area contributed by atoms with Crippen molar-refractivity contribution in [1.29, 1.82) is 0 Å². The number of rotatable bonds is 7. The van der Waals surface area contributed by atoms with Gasteiger partial charge in [-0.1, -0.05) is 19.3 Å². The molecular formula is C16H26N4O2. The van der Waals surface area contributed by atoms with E-state index in [1.54, 1.807) is 12.4 Å². The van der Waals surface area contributed by atoms with E-state index in [2.05, 4.69) is 20.6 Å². The SMILES string of the molecule is CC(C)Oc1nccnc1NCCC(=O)NC1CCCCC1. The van der Waals surface area contributed by atoms with Crippen LogP contribution in [0.15, 0.2) is 12.4 Å². The molecule has 1 heterocycles.